The summed E-state index contributed by atoms with van der Waals surface area (Å²) in [6.07, 6.45) is 0.348. The number of rotatable bonds is 4. The Hall–Kier alpha value is -2.89. The number of carbonyl (C=O) groups is 1. The topological polar surface area (TPSA) is 82.0 Å². The molecule has 6 heteroatoms. The molecule has 6 nitrogen and oxygen atoms in total. The van der Waals surface area contributed by atoms with Gasteiger partial charge in [-0.1, -0.05) is 19.1 Å². The van der Waals surface area contributed by atoms with Gasteiger partial charge in [-0.3, -0.25) is 4.79 Å². The molecule has 1 amide bonds. The van der Waals surface area contributed by atoms with Crippen LogP contribution in [0.1, 0.15) is 35.4 Å². The lowest BCUT2D eigenvalue weighted by Crippen LogP contribution is -2.43. The molecule has 0 fully saturated rings. The van der Waals surface area contributed by atoms with E-state index in [2.05, 4.69) is 5.32 Å². The van der Waals surface area contributed by atoms with Crippen LogP contribution in [-0.4, -0.2) is 34.7 Å². The molecule has 0 radical (unpaired) electrons. The van der Waals surface area contributed by atoms with Crippen molar-refractivity contribution in [1.29, 1.82) is 0 Å². The van der Waals surface area contributed by atoms with Crippen LogP contribution in [0.4, 0.5) is 5.69 Å². The molecule has 0 saturated carbocycles. The molecule has 0 aliphatic carbocycles. The van der Waals surface area contributed by atoms with Gasteiger partial charge < -0.3 is 25.2 Å². The number of amides is 1. The van der Waals surface area contributed by atoms with Gasteiger partial charge in [-0.15, -0.1) is 0 Å². The lowest BCUT2D eigenvalue weighted by molar-refractivity contribution is 0.0682. The number of anilines is 1. The Kier molecular flexibility index (Phi) is 4.20. The first-order valence-electron chi connectivity index (χ1n) is 7.83. The minimum absolute atomic E-state index is 0.0669. The predicted octanol–water partition coefficient (Wildman–Crippen LogP) is 3.08. The van der Waals surface area contributed by atoms with E-state index in [1.54, 1.807) is 17.0 Å². The second-order valence-electron chi connectivity index (χ2n) is 5.68. The van der Waals surface area contributed by atoms with E-state index in [4.69, 9.17) is 4.74 Å². The van der Waals surface area contributed by atoms with Crippen molar-refractivity contribution in [3.05, 3.63) is 47.5 Å². The highest BCUT2D eigenvalue weighted by Crippen LogP contribution is 2.41. The molecule has 0 saturated heterocycles. The minimum Gasteiger partial charge on any atom is -0.504 e. The van der Waals surface area contributed by atoms with Crippen LogP contribution in [0.15, 0.2) is 36.4 Å². The minimum atomic E-state index is -0.451. The Morgan fingerprint density at radius 3 is 2.71 bits per heavy atom. The lowest BCUT2D eigenvalue weighted by atomic mass is 10.0. The number of hydrogen-bond acceptors (Lipinski definition) is 5. The highest BCUT2D eigenvalue weighted by molar-refractivity contribution is 6.01. The Morgan fingerprint density at radius 1 is 1.25 bits per heavy atom. The van der Waals surface area contributed by atoms with Crippen LogP contribution in [-0.2, 0) is 0 Å². The average molecular weight is 328 g/mol. The largest absolute Gasteiger partial charge is 0.504 e. The molecule has 1 aliphatic rings. The smallest absolute Gasteiger partial charge is 0.257 e. The fourth-order valence-electron chi connectivity index (χ4n) is 2.95. The van der Waals surface area contributed by atoms with Crippen molar-refractivity contribution in [2.75, 3.05) is 19.0 Å². The Balaban J connectivity index is 2.09. The van der Waals surface area contributed by atoms with E-state index in [1.165, 1.54) is 13.2 Å². The van der Waals surface area contributed by atoms with Gasteiger partial charge >= 0.3 is 0 Å². The van der Waals surface area contributed by atoms with E-state index < -0.39 is 6.17 Å². The van der Waals surface area contributed by atoms with Crippen molar-refractivity contribution in [3.63, 3.8) is 0 Å². The molecule has 1 aliphatic heterocycles. The van der Waals surface area contributed by atoms with Gasteiger partial charge in [0.15, 0.2) is 11.5 Å². The number of phenols is 2. The second kappa shape index (κ2) is 6.31. The first kappa shape index (κ1) is 16.0. The van der Waals surface area contributed by atoms with Gasteiger partial charge in [0.1, 0.15) is 6.17 Å². The third-order valence-corrected chi connectivity index (χ3v) is 4.10. The van der Waals surface area contributed by atoms with E-state index in [0.29, 0.717) is 17.7 Å². The highest BCUT2D eigenvalue weighted by Gasteiger charge is 2.33. The molecule has 0 bridgehead atoms. The van der Waals surface area contributed by atoms with Crippen molar-refractivity contribution >= 4 is 11.6 Å². The van der Waals surface area contributed by atoms with E-state index in [-0.39, 0.29) is 23.2 Å². The standard InChI is InChI=1S/C18H20N2O4/c1-3-8-20-17(11-9-14(21)16(22)15(10-11)24-2)19-13-7-5-4-6-12(13)18(20)23/h4-7,9-10,17,19,21-22H,3,8H2,1-2H3/t17-/m1/s1. The maximum atomic E-state index is 12.8. The number of nitrogens with one attached hydrogen (secondary N) is 1. The van der Waals surface area contributed by atoms with Crippen molar-refractivity contribution in [2.24, 2.45) is 0 Å². The summed E-state index contributed by atoms with van der Waals surface area (Å²) in [5, 5.41) is 23.1. The fraction of sp³-hybridized carbons (Fsp3) is 0.278. The monoisotopic (exact) mass is 328 g/mol. The number of methoxy groups -OCH3 is 1. The normalized spacial score (nSPS) is 16.5. The number of hydrogen-bond donors (Lipinski definition) is 3. The zero-order valence-corrected chi connectivity index (χ0v) is 13.6. The molecule has 24 heavy (non-hydrogen) atoms. The highest BCUT2D eigenvalue weighted by atomic mass is 16.5. The number of phenolic OH excluding ortho intramolecular Hbond substituents is 2. The molecule has 2 aromatic carbocycles. The molecule has 1 heterocycles. The van der Waals surface area contributed by atoms with Crippen molar-refractivity contribution < 1.29 is 19.7 Å². The van der Waals surface area contributed by atoms with Gasteiger partial charge in [0.05, 0.1) is 12.7 Å². The maximum Gasteiger partial charge on any atom is 0.257 e. The summed E-state index contributed by atoms with van der Waals surface area (Å²) >= 11 is 0. The number of benzene rings is 2. The SMILES string of the molecule is CCCN1C(=O)c2ccccc2N[C@H]1c1cc(O)c(O)c(OC)c1. The van der Waals surface area contributed by atoms with Gasteiger partial charge in [0.25, 0.3) is 5.91 Å². The van der Waals surface area contributed by atoms with Crippen LogP contribution >= 0.6 is 0 Å². The number of carbonyl (C=O) groups excluding carboxylic acids is 1. The van der Waals surface area contributed by atoms with Crippen LogP contribution in [0, 0.1) is 0 Å². The predicted molar refractivity (Wildman–Crippen MR) is 90.5 cm³/mol. The van der Waals surface area contributed by atoms with Crippen LogP contribution < -0.4 is 10.1 Å². The number of aromatic hydroxyl groups is 2. The molecule has 0 spiro atoms. The number of fused-ring (bicyclic) bond motifs is 1. The summed E-state index contributed by atoms with van der Waals surface area (Å²) in [7, 11) is 1.41. The second-order valence-corrected chi connectivity index (χ2v) is 5.68. The maximum absolute atomic E-state index is 12.8. The number of ether oxygens (including phenoxy) is 1. The van der Waals surface area contributed by atoms with Gasteiger partial charge in [-0.25, -0.2) is 0 Å². The zero-order chi connectivity index (χ0) is 17.3. The average Bonchev–Trinajstić information content (AvgIpc) is 2.59. The molecule has 0 aromatic heterocycles. The van der Waals surface area contributed by atoms with Gasteiger partial charge in [0.2, 0.25) is 5.75 Å². The summed E-state index contributed by atoms with van der Waals surface area (Å²) in [5.41, 5.74) is 2.00. The number of para-hydroxylation sites is 1. The van der Waals surface area contributed by atoms with Gasteiger partial charge in [-0.05, 0) is 30.7 Å². The molecule has 2 aromatic rings. The van der Waals surface area contributed by atoms with Crippen LogP contribution in [0.2, 0.25) is 0 Å². The first-order valence-corrected chi connectivity index (χ1v) is 7.83. The summed E-state index contributed by atoms with van der Waals surface area (Å²) in [6, 6.07) is 10.4. The van der Waals surface area contributed by atoms with E-state index >= 15 is 0 Å². The van der Waals surface area contributed by atoms with Crippen LogP contribution in [0.3, 0.4) is 0 Å². The molecular weight excluding hydrogens is 308 g/mol. The zero-order valence-electron chi connectivity index (χ0n) is 13.6. The van der Waals surface area contributed by atoms with E-state index in [9.17, 15) is 15.0 Å². The summed E-state index contributed by atoms with van der Waals surface area (Å²) in [4.78, 5) is 14.6. The fourth-order valence-corrected chi connectivity index (χ4v) is 2.95. The molecule has 126 valence electrons. The van der Waals surface area contributed by atoms with E-state index in [1.807, 2.05) is 25.1 Å². The van der Waals surface area contributed by atoms with Crippen LogP contribution in [0.5, 0.6) is 17.2 Å². The third kappa shape index (κ3) is 2.60. The number of nitrogens with zero attached hydrogens (tertiary/aromatic N) is 1. The molecule has 3 rings (SSSR count). The van der Waals surface area contributed by atoms with Crippen molar-refractivity contribution in [2.45, 2.75) is 19.5 Å². The quantitative estimate of drug-likeness (QED) is 0.751. The lowest BCUT2D eigenvalue weighted by Gasteiger charge is -2.38. The van der Waals surface area contributed by atoms with Gasteiger partial charge in [0, 0.05) is 17.8 Å². The first-order chi connectivity index (χ1) is 11.6. The van der Waals surface area contributed by atoms with Crippen LogP contribution in [0.25, 0.3) is 0 Å². The summed E-state index contributed by atoms with van der Waals surface area (Å²) in [5.74, 6) is -0.503. The van der Waals surface area contributed by atoms with E-state index in [0.717, 1.165) is 12.1 Å². The molecular formula is C18H20N2O4. The third-order valence-electron chi connectivity index (χ3n) is 4.10. The Labute approximate surface area is 140 Å². The van der Waals surface area contributed by atoms with Crippen molar-refractivity contribution in [3.8, 4) is 17.2 Å². The molecule has 0 unspecified atom stereocenters. The summed E-state index contributed by atoms with van der Waals surface area (Å²) in [6.45, 7) is 2.56. The molecule has 1 atom stereocenters. The van der Waals surface area contributed by atoms with Gasteiger partial charge in [-0.2, -0.15) is 0 Å². The summed E-state index contributed by atoms with van der Waals surface area (Å²) < 4.78 is 5.11. The Morgan fingerprint density at radius 2 is 2.00 bits per heavy atom. The van der Waals surface area contributed by atoms with Crippen molar-refractivity contribution in [1.82, 2.24) is 4.90 Å². The molecule has 3 N–H and O–H groups in total. The Bertz CT molecular complexity index is 776.